The fourth-order valence-corrected chi connectivity index (χ4v) is 3.15. The van der Waals surface area contributed by atoms with Crippen molar-refractivity contribution in [2.45, 2.75) is 46.6 Å². The molecule has 0 radical (unpaired) electrons. The number of carbonyl (C=O) groups excluding carboxylic acids is 1. The lowest BCUT2D eigenvalue weighted by molar-refractivity contribution is -0.00227. The predicted molar refractivity (Wildman–Crippen MR) is 92.2 cm³/mol. The summed E-state index contributed by atoms with van der Waals surface area (Å²) in [6.07, 6.45) is 3.69. The van der Waals surface area contributed by atoms with Crippen LogP contribution in [0.4, 0.5) is 0 Å². The van der Waals surface area contributed by atoms with E-state index < -0.39 is 0 Å². The zero-order chi connectivity index (χ0) is 17.3. The zero-order valence-electron chi connectivity index (χ0n) is 15.0. The number of aromatic nitrogens is 3. The Kier molecular flexibility index (Phi) is 4.85. The molecule has 0 aromatic carbocycles. The molecular formula is C18H26N4O2. The molecule has 1 saturated heterocycles. The maximum absolute atomic E-state index is 12.9. The third-order valence-corrected chi connectivity index (χ3v) is 4.40. The van der Waals surface area contributed by atoms with Gasteiger partial charge in [-0.05, 0) is 38.7 Å². The molecule has 0 unspecified atom stereocenters. The van der Waals surface area contributed by atoms with Gasteiger partial charge in [-0.3, -0.25) is 4.79 Å². The van der Waals surface area contributed by atoms with Crippen LogP contribution in [0.5, 0.6) is 0 Å². The van der Waals surface area contributed by atoms with Crippen molar-refractivity contribution in [3.63, 3.8) is 0 Å². The van der Waals surface area contributed by atoms with E-state index in [2.05, 4.69) is 23.9 Å². The molecule has 2 aromatic heterocycles. The Morgan fingerprint density at radius 3 is 2.71 bits per heavy atom. The van der Waals surface area contributed by atoms with E-state index >= 15 is 0 Å². The number of aryl methyl sites for hydroxylation is 2. The van der Waals surface area contributed by atoms with Crippen molar-refractivity contribution in [1.29, 1.82) is 0 Å². The molecule has 1 aliphatic rings. The lowest BCUT2D eigenvalue weighted by Crippen LogP contribution is -2.41. The van der Waals surface area contributed by atoms with Gasteiger partial charge in [-0.1, -0.05) is 13.8 Å². The first kappa shape index (κ1) is 16.9. The number of likely N-dealkylation sites (tertiary alicyclic amines) is 1. The van der Waals surface area contributed by atoms with Crippen LogP contribution in [-0.2, 0) is 4.74 Å². The van der Waals surface area contributed by atoms with Crippen LogP contribution >= 0.6 is 0 Å². The largest absolute Gasteiger partial charge is 0.378 e. The summed E-state index contributed by atoms with van der Waals surface area (Å²) in [5.41, 5.74) is 3.12. The zero-order valence-corrected chi connectivity index (χ0v) is 15.0. The van der Waals surface area contributed by atoms with Gasteiger partial charge in [0.15, 0.2) is 5.65 Å². The number of ether oxygens (including phenoxy) is 1. The number of fused-ring (bicyclic) bond motifs is 1. The minimum absolute atomic E-state index is 0.0183. The molecule has 24 heavy (non-hydrogen) atoms. The predicted octanol–water partition coefficient (Wildman–Crippen LogP) is 2.62. The third kappa shape index (κ3) is 3.43. The van der Waals surface area contributed by atoms with Gasteiger partial charge in [0.05, 0.1) is 12.3 Å². The number of rotatable bonds is 4. The van der Waals surface area contributed by atoms with E-state index in [4.69, 9.17) is 4.74 Å². The van der Waals surface area contributed by atoms with Crippen LogP contribution in [0, 0.1) is 19.8 Å². The molecule has 130 valence electrons. The summed E-state index contributed by atoms with van der Waals surface area (Å²) in [6, 6.07) is 1.96. The second-order valence-electron chi connectivity index (χ2n) is 7.05. The standard InChI is InChI=1S/C18H26N4O2/c1-12(2)11-24-15-5-7-21(8-6-15)18(23)16-10-19-22-14(4)9-13(3)20-17(16)22/h9-10,12,15H,5-8,11H2,1-4H3. The van der Waals surface area contributed by atoms with E-state index in [0.29, 0.717) is 17.1 Å². The first-order valence-electron chi connectivity index (χ1n) is 8.68. The third-order valence-electron chi connectivity index (χ3n) is 4.40. The molecule has 6 heteroatoms. The van der Waals surface area contributed by atoms with Gasteiger partial charge in [-0.2, -0.15) is 5.10 Å². The number of amides is 1. The number of carbonyl (C=O) groups is 1. The smallest absolute Gasteiger partial charge is 0.259 e. The van der Waals surface area contributed by atoms with E-state index in [0.717, 1.165) is 43.9 Å². The molecule has 0 bridgehead atoms. The maximum Gasteiger partial charge on any atom is 0.259 e. The van der Waals surface area contributed by atoms with Crippen molar-refractivity contribution in [1.82, 2.24) is 19.5 Å². The van der Waals surface area contributed by atoms with Crippen LogP contribution in [-0.4, -0.2) is 51.2 Å². The maximum atomic E-state index is 12.9. The summed E-state index contributed by atoms with van der Waals surface area (Å²) in [6.45, 7) is 10.5. The van der Waals surface area contributed by atoms with Crippen LogP contribution in [0.15, 0.2) is 12.3 Å². The average Bonchev–Trinajstić information content (AvgIpc) is 2.96. The fraction of sp³-hybridized carbons (Fsp3) is 0.611. The molecule has 0 aliphatic carbocycles. The Morgan fingerprint density at radius 1 is 1.33 bits per heavy atom. The van der Waals surface area contributed by atoms with Crippen LogP contribution in [0.25, 0.3) is 5.65 Å². The summed E-state index contributed by atoms with van der Waals surface area (Å²) in [7, 11) is 0. The van der Waals surface area contributed by atoms with E-state index in [9.17, 15) is 4.79 Å². The average molecular weight is 330 g/mol. The summed E-state index contributed by atoms with van der Waals surface area (Å²) >= 11 is 0. The quantitative estimate of drug-likeness (QED) is 0.864. The monoisotopic (exact) mass is 330 g/mol. The second kappa shape index (κ2) is 6.89. The van der Waals surface area contributed by atoms with E-state index in [1.807, 2.05) is 24.8 Å². The number of piperidine rings is 1. The van der Waals surface area contributed by atoms with Gasteiger partial charge < -0.3 is 9.64 Å². The van der Waals surface area contributed by atoms with E-state index in [1.54, 1.807) is 10.7 Å². The molecule has 0 spiro atoms. The topological polar surface area (TPSA) is 59.7 Å². The molecular weight excluding hydrogens is 304 g/mol. The molecule has 0 saturated carbocycles. The van der Waals surface area contributed by atoms with Crippen molar-refractivity contribution in [2.24, 2.45) is 5.92 Å². The van der Waals surface area contributed by atoms with E-state index in [-0.39, 0.29) is 12.0 Å². The summed E-state index contributed by atoms with van der Waals surface area (Å²) < 4.78 is 7.63. The van der Waals surface area contributed by atoms with Crippen molar-refractivity contribution in [3.8, 4) is 0 Å². The normalized spacial score (nSPS) is 16.3. The number of hydrogen-bond donors (Lipinski definition) is 0. The van der Waals surface area contributed by atoms with Crippen molar-refractivity contribution in [2.75, 3.05) is 19.7 Å². The van der Waals surface area contributed by atoms with Gasteiger partial charge in [0.2, 0.25) is 0 Å². The highest BCUT2D eigenvalue weighted by Crippen LogP contribution is 2.19. The van der Waals surface area contributed by atoms with Gasteiger partial charge in [-0.25, -0.2) is 9.50 Å². The first-order valence-corrected chi connectivity index (χ1v) is 8.68. The Labute approximate surface area is 142 Å². The second-order valence-corrected chi connectivity index (χ2v) is 7.05. The molecule has 1 amide bonds. The molecule has 0 N–H and O–H groups in total. The van der Waals surface area contributed by atoms with Gasteiger partial charge in [0.1, 0.15) is 5.56 Å². The number of hydrogen-bond acceptors (Lipinski definition) is 4. The summed E-state index contributed by atoms with van der Waals surface area (Å²) in [4.78, 5) is 19.3. The van der Waals surface area contributed by atoms with Gasteiger partial charge >= 0.3 is 0 Å². The number of nitrogens with zero attached hydrogens (tertiary/aromatic N) is 4. The van der Waals surface area contributed by atoms with Gasteiger partial charge in [-0.15, -0.1) is 0 Å². The fourth-order valence-electron chi connectivity index (χ4n) is 3.15. The summed E-state index contributed by atoms with van der Waals surface area (Å²) in [5.74, 6) is 0.561. The highest BCUT2D eigenvalue weighted by molar-refractivity contribution is 5.99. The molecule has 1 fully saturated rings. The first-order chi connectivity index (χ1) is 11.5. The highest BCUT2D eigenvalue weighted by atomic mass is 16.5. The van der Waals surface area contributed by atoms with Crippen molar-refractivity contribution < 1.29 is 9.53 Å². The van der Waals surface area contributed by atoms with Crippen molar-refractivity contribution in [3.05, 3.63) is 29.2 Å². The molecule has 3 rings (SSSR count). The van der Waals surface area contributed by atoms with Crippen molar-refractivity contribution >= 4 is 11.6 Å². The summed E-state index contributed by atoms with van der Waals surface area (Å²) in [5, 5.41) is 4.32. The van der Waals surface area contributed by atoms with Crippen LogP contribution < -0.4 is 0 Å². The Hall–Kier alpha value is -1.95. The molecule has 0 atom stereocenters. The van der Waals surface area contributed by atoms with Crippen LogP contribution in [0.2, 0.25) is 0 Å². The lowest BCUT2D eigenvalue weighted by Gasteiger charge is -2.32. The van der Waals surface area contributed by atoms with Crippen LogP contribution in [0.3, 0.4) is 0 Å². The van der Waals surface area contributed by atoms with E-state index in [1.165, 1.54) is 0 Å². The van der Waals surface area contributed by atoms with Gasteiger partial charge in [0, 0.05) is 31.1 Å². The Balaban J connectivity index is 1.70. The lowest BCUT2D eigenvalue weighted by atomic mass is 10.1. The molecule has 3 heterocycles. The molecule has 6 nitrogen and oxygen atoms in total. The Bertz CT molecular complexity index is 730. The Morgan fingerprint density at radius 2 is 2.04 bits per heavy atom. The SMILES string of the molecule is Cc1cc(C)n2ncc(C(=O)N3CCC(OCC(C)C)CC3)c2n1. The highest BCUT2D eigenvalue weighted by Gasteiger charge is 2.26. The minimum atomic E-state index is 0.0183. The van der Waals surface area contributed by atoms with Gasteiger partial charge in [0.25, 0.3) is 5.91 Å². The van der Waals surface area contributed by atoms with Crippen LogP contribution in [0.1, 0.15) is 48.4 Å². The minimum Gasteiger partial charge on any atom is -0.378 e. The molecule has 2 aromatic rings. The molecule has 1 aliphatic heterocycles.